The van der Waals surface area contributed by atoms with Crippen molar-refractivity contribution in [2.24, 2.45) is 11.8 Å². The summed E-state index contributed by atoms with van der Waals surface area (Å²) in [5.74, 6) is -0.0447. The molecule has 2 aromatic rings. The maximum absolute atomic E-state index is 12.4. The number of hydrogen-bond acceptors (Lipinski definition) is 5. The van der Waals surface area contributed by atoms with Crippen LogP contribution in [0, 0.1) is 11.8 Å². The number of H-pyrrole nitrogens is 1. The van der Waals surface area contributed by atoms with Gasteiger partial charge in [-0.2, -0.15) is 0 Å². The minimum Gasteiger partial charge on any atom is -0.508 e. The first-order valence-electron chi connectivity index (χ1n) is 8.90. The predicted molar refractivity (Wildman–Crippen MR) is 95.9 cm³/mol. The number of phenolic OH excluding ortho intramolecular Hbond substituents is 1. The van der Waals surface area contributed by atoms with Crippen LogP contribution in [0.15, 0.2) is 18.2 Å². The van der Waals surface area contributed by atoms with Gasteiger partial charge in [0.2, 0.25) is 11.8 Å². The number of aromatic hydroxyl groups is 1. The number of imidazole rings is 1. The summed E-state index contributed by atoms with van der Waals surface area (Å²) < 4.78 is 0. The summed E-state index contributed by atoms with van der Waals surface area (Å²) >= 11 is 0. The van der Waals surface area contributed by atoms with Crippen LogP contribution in [0.2, 0.25) is 0 Å². The van der Waals surface area contributed by atoms with Crippen LogP contribution in [-0.2, 0) is 9.59 Å². The van der Waals surface area contributed by atoms with E-state index in [1.54, 1.807) is 22.9 Å². The minimum absolute atomic E-state index is 0.0110. The number of benzene rings is 1. The number of carbonyl (C=O) groups excluding carboxylic acids is 3. The first-order chi connectivity index (χ1) is 12.9. The zero-order valence-electron chi connectivity index (χ0n) is 14.9. The standard InChI is InChI=1S/C18H21N5O4/c1-22-9-11(4-15(22)25)18(27)23-7-10(8-23)6-19-17(26)16-20-13-3-2-12(24)5-14(13)21-16/h2-3,5,10-11,24H,4,6-9H2,1H3,(H,19,26)(H,20,21). The number of likely N-dealkylation sites (tertiary alicyclic amines) is 2. The predicted octanol–water partition coefficient (Wildman–Crippen LogP) is -0.0650. The van der Waals surface area contributed by atoms with Gasteiger partial charge >= 0.3 is 0 Å². The van der Waals surface area contributed by atoms with Gasteiger partial charge in [0, 0.05) is 51.6 Å². The molecular weight excluding hydrogens is 350 g/mol. The van der Waals surface area contributed by atoms with Crippen LogP contribution in [0.1, 0.15) is 17.0 Å². The van der Waals surface area contributed by atoms with Gasteiger partial charge in [0.25, 0.3) is 5.91 Å². The molecule has 2 aliphatic heterocycles. The Morgan fingerprint density at radius 3 is 2.81 bits per heavy atom. The van der Waals surface area contributed by atoms with Crippen molar-refractivity contribution in [2.75, 3.05) is 33.2 Å². The molecule has 2 saturated heterocycles. The van der Waals surface area contributed by atoms with E-state index in [1.165, 1.54) is 12.1 Å². The van der Waals surface area contributed by atoms with Crippen LogP contribution < -0.4 is 5.32 Å². The topological polar surface area (TPSA) is 119 Å². The maximum atomic E-state index is 12.4. The van der Waals surface area contributed by atoms with Gasteiger partial charge in [-0.15, -0.1) is 0 Å². The van der Waals surface area contributed by atoms with Gasteiger partial charge in [0.05, 0.1) is 17.0 Å². The highest BCUT2D eigenvalue weighted by Gasteiger charge is 2.39. The second-order valence-corrected chi connectivity index (χ2v) is 7.28. The number of carbonyl (C=O) groups is 3. The first kappa shape index (κ1) is 17.3. The number of nitrogens with one attached hydrogen (secondary N) is 2. The van der Waals surface area contributed by atoms with Crippen molar-refractivity contribution in [1.82, 2.24) is 25.1 Å². The monoisotopic (exact) mass is 371 g/mol. The van der Waals surface area contributed by atoms with E-state index in [4.69, 9.17) is 0 Å². The second-order valence-electron chi connectivity index (χ2n) is 7.28. The minimum atomic E-state index is -0.321. The largest absolute Gasteiger partial charge is 0.508 e. The Morgan fingerprint density at radius 2 is 2.11 bits per heavy atom. The molecule has 27 heavy (non-hydrogen) atoms. The molecule has 0 radical (unpaired) electrons. The van der Waals surface area contributed by atoms with E-state index in [0.717, 1.165) is 0 Å². The number of rotatable bonds is 4. The van der Waals surface area contributed by atoms with Gasteiger partial charge in [-0.05, 0) is 12.1 Å². The smallest absolute Gasteiger partial charge is 0.287 e. The molecule has 2 fully saturated rings. The van der Waals surface area contributed by atoms with Crippen LogP contribution in [0.3, 0.4) is 0 Å². The van der Waals surface area contributed by atoms with Gasteiger partial charge in [-0.1, -0.05) is 0 Å². The van der Waals surface area contributed by atoms with Gasteiger partial charge in [-0.25, -0.2) is 4.98 Å². The highest BCUT2D eigenvalue weighted by atomic mass is 16.3. The fourth-order valence-electron chi connectivity index (χ4n) is 3.59. The van der Waals surface area contributed by atoms with E-state index in [9.17, 15) is 19.5 Å². The van der Waals surface area contributed by atoms with Crippen LogP contribution in [-0.4, -0.2) is 75.8 Å². The first-order valence-corrected chi connectivity index (χ1v) is 8.90. The Bertz CT molecular complexity index is 918. The number of nitrogens with zero attached hydrogens (tertiary/aromatic N) is 3. The molecule has 142 valence electrons. The van der Waals surface area contributed by atoms with Gasteiger partial charge in [-0.3, -0.25) is 14.4 Å². The Labute approximate surface area is 155 Å². The molecule has 1 aromatic carbocycles. The average molecular weight is 371 g/mol. The SMILES string of the molecule is CN1CC(C(=O)N2CC(CNC(=O)c3nc4ccc(O)cc4[nH]3)C2)CC1=O. The molecule has 1 unspecified atom stereocenters. The zero-order chi connectivity index (χ0) is 19.1. The molecule has 3 N–H and O–H groups in total. The number of fused-ring (bicyclic) bond motifs is 1. The molecule has 0 aliphatic carbocycles. The summed E-state index contributed by atoms with van der Waals surface area (Å²) in [6.07, 6.45) is 0.287. The van der Waals surface area contributed by atoms with Gasteiger partial charge in [0.15, 0.2) is 5.82 Å². The van der Waals surface area contributed by atoms with Crippen molar-refractivity contribution in [2.45, 2.75) is 6.42 Å². The molecule has 9 heteroatoms. The van der Waals surface area contributed by atoms with E-state index in [0.29, 0.717) is 37.2 Å². The molecule has 0 bridgehead atoms. The lowest BCUT2D eigenvalue weighted by atomic mass is 9.96. The molecule has 0 saturated carbocycles. The summed E-state index contributed by atoms with van der Waals surface area (Å²) in [7, 11) is 1.71. The van der Waals surface area contributed by atoms with Crippen molar-refractivity contribution in [3.8, 4) is 5.75 Å². The molecule has 2 aliphatic rings. The van der Waals surface area contributed by atoms with Gasteiger partial charge < -0.3 is 25.2 Å². The van der Waals surface area contributed by atoms with E-state index >= 15 is 0 Å². The summed E-state index contributed by atoms with van der Waals surface area (Å²) in [5, 5.41) is 12.3. The van der Waals surface area contributed by atoms with Crippen molar-refractivity contribution >= 4 is 28.8 Å². The molecule has 4 rings (SSSR count). The molecule has 9 nitrogen and oxygen atoms in total. The lowest BCUT2D eigenvalue weighted by Gasteiger charge is -2.40. The zero-order valence-corrected chi connectivity index (χ0v) is 14.9. The van der Waals surface area contributed by atoms with E-state index < -0.39 is 0 Å². The highest BCUT2D eigenvalue weighted by molar-refractivity contribution is 5.94. The lowest BCUT2D eigenvalue weighted by Crippen LogP contribution is -2.55. The Kier molecular flexibility index (Phi) is 4.21. The van der Waals surface area contributed by atoms with Crippen molar-refractivity contribution < 1.29 is 19.5 Å². The Morgan fingerprint density at radius 1 is 1.33 bits per heavy atom. The molecule has 3 heterocycles. The maximum Gasteiger partial charge on any atom is 0.287 e. The fourth-order valence-corrected chi connectivity index (χ4v) is 3.59. The number of aromatic nitrogens is 2. The van der Waals surface area contributed by atoms with E-state index in [1.807, 2.05) is 0 Å². The number of phenols is 1. The van der Waals surface area contributed by atoms with E-state index in [2.05, 4.69) is 15.3 Å². The fraction of sp³-hybridized carbons (Fsp3) is 0.444. The van der Waals surface area contributed by atoms with Gasteiger partial charge in [0.1, 0.15) is 5.75 Å². The summed E-state index contributed by atoms with van der Waals surface area (Å²) in [5.41, 5.74) is 1.20. The van der Waals surface area contributed by atoms with Crippen molar-refractivity contribution in [3.63, 3.8) is 0 Å². The summed E-state index contributed by atoms with van der Waals surface area (Å²) in [6.45, 7) is 2.11. The van der Waals surface area contributed by atoms with Crippen molar-refractivity contribution in [3.05, 3.63) is 24.0 Å². The Hall–Kier alpha value is -3.10. The average Bonchev–Trinajstić information content (AvgIpc) is 3.16. The summed E-state index contributed by atoms with van der Waals surface area (Å²) in [6, 6.07) is 4.67. The van der Waals surface area contributed by atoms with Crippen LogP contribution in [0.5, 0.6) is 5.75 Å². The van der Waals surface area contributed by atoms with Crippen molar-refractivity contribution in [1.29, 1.82) is 0 Å². The third-order valence-electron chi connectivity index (χ3n) is 5.19. The second kappa shape index (κ2) is 6.57. The molecule has 0 spiro atoms. The normalized spacial score (nSPS) is 20.2. The number of hydrogen-bond donors (Lipinski definition) is 3. The quantitative estimate of drug-likeness (QED) is 0.695. The third-order valence-corrected chi connectivity index (χ3v) is 5.19. The van der Waals surface area contributed by atoms with E-state index in [-0.39, 0.29) is 47.6 Å². The highest BCUT2D eigenvalue weighted by Crippen LogP contribution is 2.24. The Balaban J connectivity index is 1.26. The van der Waals surface area contributed by atoms with Crippen LogP contribution >= 0.6 is 0 Å². The summed E-state index contributed by atoms with van der Waals surface area (Å²) in [4.78, 5) is 46.6. The number of amides is 3. The molecule has 3 amide bonds. The van der Waals surface area contributed by atoms with Crippen LogP contribution in [0.4, 0.5) is 0 Å². The lowest BCUT2D eigenvalue weighted by molar-refractivity contribution is -0.141. The van der Waals surface area contributed by atoms with Crippen LogP contribution in [0.25, 0.3) is 11.0 Å². The molecule has 1 aromatic heterocycles. The molecular formula is C18H21N5O4. The number of aromatic amines is 1. The third kappa shape index (κ3) is 3.32. The molecule has 1 atom stereocenters.